The molecule has 148 valence electrons. The van der Waals surface area contributed by atoms with Gasteiger partial charge in [0, 0.05) is 48.6 Å². The van der Waals surface area contributed by atoms with Crippen LogP contribution in [0.15, 0.2) is 18.2 Å². The molecule has 2 aliphatic rings. The molecule has 0 radical (unpaired) electrons. The van der Waals surface area contributed by atoms with Crippen molar-refractivity contribution in [2.75, 3.05) is 26.2 Å². The van der Waals surface area contributed by atoms with Crippen LogP contribution in [0.25, 0.3) is 0 Å². The number of likely N-dealkylation sites (tertiary alicyclic amines) is 1. The number of halogens is 2. The molecule has 0 bridgehead atoms. The molecule has 4 N–H and O–H groups in total. The van der Waals surface area contributed by atoms with E-state index in [0.29, 0.717) is 41.8 Å². The number of carbonyl (C=O) groups is 2. The van der Waals surface area contributed by atoms with Crippen LogP contribution in [0.2, 0.25) is 10.0 Å². The lowest BCUT2D eigenvalue weighted by Gasteiger charge is -2.33. The van der Waals surface area contributed by atoms with E-state index in [-0.39, 0.29) is 36.5 Å². The quantitative estimate of drug-likeness (QED) is 0.671. The number of nitrogens with zero attached hydrogens (tertiary/aromatic N) is 1. The summed E-state index contributed by atoms with van der Waals surface area (Å²) in [7, 11) is 0. The molecule has 27 heavy (non-hydrogen) atoms. The number of amides is 2. The number of nitrogens with one attached hydrogen (secondary N) is 2. The van der Waals surface area contributed by atoms with E-state index in [0.717, 1.165) is 12.8 Å². The first-order chi connectivity index (χ1) is 12.9. The molecule has 2 atom stereocenters. The molecular formula is C18H24Cl2N4O3. The van der Waals surface area contributed by atoms with E-state index in [1.165, 1.54) is 0 Å². The first-order valence-corrected chi connectivity index (χ1v) is 9.84. The minimum absolute atomic E-state index is 0.0247. The molecule has 9 heteroatoms. The summed E-state index contributed by atoms with van der Waals surface area (Å²) in [6, 6.07) is 4.82. The van der Waals surface area contributed by atoms with Gasteiger partial charge in [-0.15, -0.1) is 0 Å². The molecule has 2 saturated heterocycles. The molecule has 0 aliphatic carbocycles. The average Bonchev–Trinajstić information content (AvgIpc) is 3.09. The van der Waals surface area contributed by atoms with Crippen molar-refractivity contribution < 1.29 is 14.3 Å². The molecule has 0 aromatic heterocycles. The Morgan fingerprint density at radius 3 is 2.52 bits per heavy atom. The topological polar surface area (TPSA) is 96.7 Å². The third kappa shape index (κ3) is 5.48. The van der Waals surface area contributed by atoms with Crippen LogP contribution in [0, 0.1) is 0 Å². The van der Waals surface area contributed by atoms with Crippen molar-refractivity contribution in [3.63, 3.8) is 0 Å². The van der Waals surface area contributed by atoms with Crippen molar-refractivity contribution in [2.45, 2.75) is 37.5 Å². The minimum atomic E-state index is -0.266. The number of ether oxygens (including phenoxy) is 1. The van der Waals surface area contributed by atoms with Gasteiger partial charge in [-0.2, -0.15) is 0 Å². The highest BCUT2D eigenvalue weighted by molar-refractivity contribution is 6.34. The van der Waals surface area contributed by atoms with Gasteiger partial charge in [0.2, 0.25) is 11.8 Å². The van der Waals surface area contributed by atoms with Gasteiger partial charge in [0.1, 0.15) is 11.9 Å². The predicted molar refractivity (Wildman–Crippen MR) is 104 cm³/mol. The fourth-order valence-corrected chi connectivity index (χ4v) is 4.03. The average molecular weight is 415 g/mol. The van der Waals surface area contributed by atoms with Crippen LogP contribution in [-0.4, -0.2) is 61.1 Å². The molecule has 2 aliphatic heterocycles. The first-order valence-electron chi connectivity index (χ1n) is 9.09. The summed E-state index contributed by atoms with van der Waals surface area (Å²) < 4.78 is 5.96. The molecule has 1 aromatic carbocycles. The van der Waals surface area contributed by atoms with E-state index in [1.807, 2.05) is 4.90 Å². The zero-order valence-electron chi connectivity index (χ0n) is 14.9. The fourth-order valence-electron chi connectivity index (χ4n) is 3.52. The Balaban J connectivity index is 1.46. The third-order valence-electron chi connectivity index (χ3n) is 4.87. The zero-order valence-corrected chi connectivity index (χ0v) is 16.4. The van der Waals surface area contributed by atoms with Crippen molar-refractivity contribution in [3.05, 3.63) is 28.2 Å². The summed E-state index contributed by atoms with van der Waals surface area (Å²) in [6.07, 6.45) is 2.10. The van der Waals surface area contributed by atoms with Crippen molar-refractivity contribution >= 4 is 35.0 Å². The van der Waals surface area contributed by atoms with Crippen molar-refractivity contribution in [2.24, 2.45) is 5.73 Å². The van der Waals surface area contributed by atoms with Crippen molar-refractivity contribution in [3.8, 4) is 5.75 Å². The van der Waals surface area contributed by atoms with Gasteiger partial charge in [-0.1, -0.05) is 23.2 Å². The van der Waals surface area contributed by atoms with E-state index in [2.05, 4.69) is 10.6 Å². The summed E-state index contributed by atoms with van der Waals surface area (Å²) >= 11 is 12.0. The van der Waals surface area contributed by atoms with Gasteiger partial charge in [0.05, 0.1) is 12.6 Å². The maximum atomic E-state index is 12.7. The smallest absolute Gasteiger partial charge is 0.239 e. The number of hydrogen-bond acceptors (Lipinski definition) is 5. The number of rotatable bonds is 5. The number of hydrogen-bond donors (Lipinski definition) is 3. The number of benzene rings is 1. The Morgan fingerprint density at radius 2 is 1.89 bits per heavy atom. The number of piperidine rings is 1. The van der Waals surface area contributed by atoms with Crippen molar-refractivity contribution in [1.82, 2.24) is 15.5 Å². The molecule has 0 saturated carbocycles. The second-order valence-electron chi connectivity index (χ2n) is 6.91. The normalized spacial score (nSPS) is 23.3. The summed E-state index contributed by atoms with van der Waals surface area (Å²) in [6.45, 7) is 1.81. The Labute approximate surface area is 168 Å². The van der Waals surface area contributed by atoms with Crippen LogP contribution in [0.1, 0.15) is 19.3 Å². The Hall–Kier alpha value is -1.54. The SMILES string of the molecule is NCC(=O)N[C@@H]1CN[C@@H](C(=O)N2CCC(Oc3cc(Cl)cc(Cl)c3)CC2)C1. The highest BCUT2D eigenvalue weighted by Gasteiger charge is 2.34. The van der Waals surface area contributed by atoms with Crippen LogP contribution in [0.3, 0.4) is 0 Å². The molecule has 2 amide bonds. The molecule has 0 spiro atoms. The van der Waals surface area contributed by atoms with Gasteiger partial charge < -0.3 is 26.0 Å². The lowest BCUT2D eigenvalue weighted by atomic mass is 10.1. The van der Waals surface area contributed by atoms with Crippen LogP contribution in [0.4, 0.5) is 0 Å². The van der Waals surface area contributed by atoms with Crippen LogP contribution in [-0.2, 0) is 9.59 Å². The number of nitrogens with two attached hydrogens (primary N) is 1. The van der Waals surface area contributed by atoms with Crippen molar-refractivity contribution in [1.29, 1.82) is 0 Å². The fraction of sp³-hybridized carbons (Fsp3) is 0.556. The highest BCUT2D eigenvalue weighted by Crippen LogP contribution is 2.27. The Kier molecular flexibility index (Phi) is 6.81. The molecular weight excluding hydrogens is 391 g/mol. The zero-order chi connectivity index (χ0) is 19.4. The van der Waals surface area contributed by atoms with Crippen LogP contribution < -0.4 is 21.1 Å². The molecule has 1 aromatic rings. The highest BCUT2D eigenvalue weighted by atomic mass is 35.5. The minimum Gasteiger partial charge on any atom is -0.490 e. The molecule has 3 rings (SSSR count). The molecule has 2 heterocycles. The van der Waals surface area contributed by atoms with E-state index < -0.39 is 0 Å². The van der Waals surface area contributed by atoms with Gasteiger partial charge in [0.25, 0.3) is 0 Å². The van der Waals surface area contributed by atoms with E-state index in [4.69, 9.17) is 33.7 Å². The van der Waals surface area contributed by atoms with Crippen LogP contribution in [0.5, 0.6) is 5.75 Å². The molecule has 7 nitrogen and oxygen atoms in total. The summed E-state index contributed by atoms with van der Waals surface area (Å²) in [5.74, 6) is 0.519. The standard InChI is InChI=1S/C18H24Cl2N4O3/c19-11-5-12(20)7-15(6-11)27-14-1-3-24(4-2-14)18(26)16-8-13(10-22-16)23-17(25)9-21/h5-7,13-14,16,22H,1-4,8-10,21H2,(H,23,25)/t13-,16+/m0/s1. The lowest BCUT2D eigenvalue weighted by molar-refractivity contribution is -0.135. The third-order valence-corrected chi connectivity index (χ3v) is 5.31. The summed E-state index contributed by atoms with van der Waals surface area (Å²) in [5, 5.41) is 7.08. The lowest BCUT2D eigenvalue weighted by Crippen LogP contribution is -2.48. The van der Waals surface area contributed by atoms with Gasteiger partial charge in [-0.25, -0.2) is 0 Å². The first kappa shape index (κ1) is 20.2. The van der Waals surface area contributed by atoms with Crippen LogP contribution >= 0.6 is 23.2 Å². The van der Waals surface area contributed by atoms with Gasteiger partial charge in [-0.3, -0.25) is 9.59 Å². The van der Waals surface area contributed by atoms with E-state index >= 15 is 0 Å². The van der Waals surface area contributed by atoms with Gasteiger partial charge in [0.15, 0.2) is 0 Å². The summed E-state index contributed by atoms with van der Waals surface area (Å²) in [4.78, 5) is 25.9. The van der Waals surface area contributed by atoms with Gasteiger partial charge in [-0.05, 0) is 24.6 Å². The van der Waals surface area contributed by atoms with E-state index in [1.54, 1.807) is 18.2 Å². The van der Waals surface area contributed by atoms with Gasteiger partial charge >= 0.3 is 0 Å². The predicted octanol–water partition coefficient (Wildman–Crippen LogP) is 1.17. The number of carbonyl (C=O) groups excluding carboxylic acids is 2. The maximum absolute atomic E-state index is 12.7. The molecule has 0 unspecified atom stereocenters. The Morgan fingerprint density at radius 1 is 1.22 bits per heavy atom. The largest absolute Gasteiger partial charge is 0.490 e. The monoisotopic (exact) mass is 414 g/mol. The molecule has 2 fully saturated rings. The van der Waals surface area contributed by atoms with E-state index in [9.17, 15) is 9.59 Å². The second-order valence-corrected chi connectivity index (χ2v) is 7.79. The second kappa shape index (κ2) is 9.10. The Bertz CT molecular complexity index is 675. The maximum Gasteiger partial charge on any atom is 0.239 e. The summed E-state index contributed by atoms with van der Waals surface area (Å²) in [5.41, 5.74) is 5.31.